The monoisotopic (exact) mass is 300 g/mol. The minimum absolute atomic E-state index is 0.300. The quantitative estimate of drug-likeness (QED) is 0.804. The molecule has 0 spiro atoms. The standard InChI is InChI=1S/C13H20N2O4S/c1-9-4-5-10(19-9)8-15(2)13(18)14-11(12(16)17)6-7-20-3/h4-5,11H,6-8H2,1-3H3,(H,14,18)(H,16,17)/t11-/m1/s1. The summed E-state index contributed by atoms with van der Waals surface area (Å²) in [6.45, 7) is 2.13. The van der Waals surface area contributed by atoms with Crippen molar-refractivity contribution in [1.29, 1.82) is 0 Å². The fourth-order valence-corrected chi connectivity index (χ4v) is 2.10. The second-order valence-electron chi connectivity index (χ2n) is 4.49. The molecule has 0 bridgehead atoms. The lowest BCUT2D eigenvalue weighted by Gasteiger charge is -2.20. The zero-order valence-corrected chi connectivity index (χ0v) is 12.7. The van der Waals surface area contributed by atoms with Crippen molar-refractivity contribution < 1.29 is 19.1 Å². The Morgan fingerprint density at radius 3 is 2.70 bits per heavy atom. The van der Waals surface area contributed by atoms with Crippen molar-refractivity contribution in [1.82, 2.24) is 10.2 Å². The molecule has 0 fully saturated rings. The zero-order valence-electron chi connectivity index (χ0n) is 11.9. The van der Waals surface area contributed by atoms with E-state index in [1.165, 1.54) is 4.90 Å². The molecule has 1 heterocycles. The van der Waals surface area contributed by atoms with E-state index >= 15 is 0 Å². The van der Waals surface area contributed by atoms with Gasteiger partial charge >= 0.3 is 12.0 Å². The van der Waals surface area contributed by atoms with E-state index in [1.54, 1.807) is 24.9 Å². The van der Waals surface area contributed by atoms with Gasteiger partial charge in [0.15, 0.2) is 0 Å². The normalized spacial score (nSPS) is 11.9. The maximum atomic E-state index is 11.9. The van der Waals surface area contributed by atoms with Gasteiger partial charge in [-0.15, -0.1) is 0 Å². The van der Waals surface area contributed by atoms with E-state index in [4.69, 9.17) is 9.52 Å². The maximum Gasteiger partial charge on any atom is 0.326 e. The SMILES string of the molecule is CSCC[C@@H](NC(=O)N(C)Cc1ccc(C)o1)C(=O)O. The molecule has 0 saturated heterocycles. The average molecular weight is 300 g/mol. The number of furan rings is 1. The topological polar surface area (TPSA) is 82.8 Å². The van der Waals surface area contributed by atoms with Crippen molar-refractivity contribution in [3.63, 3.8) is 0 Å². The van der Waals surface area contributed by atoms with Gasteiger partial charge in [-0.25, -0.2) is 9.59 Å². The number of nitrogens with zero attached hydrogens (tertiary/aromatic N) is 1. The third-order valence-electron chi connectivity index (χ3n) is 2.74. The van der Waals surface area contributed by atoms with Crippen LogP contribution in [0, 0.1) is 6.92 Å². The number of carbonyl (C=O) groups excluding carboxylic acids is 1. The van der Waals surface area contributed by atoms with Gasteiger partial charge in [0, 0.05) is 7.05 Å². The summed E-state index contributed by atoms with van der Waals surface area (Å²) >= 11 is 1.54. The van der Waals surface area contributed by atoms with Crippen LogP contribution in [0.4, 0.5) is 4.79 Å². The van der Waals surface area contributed by atoms with E-state index in [-0.39, 0.29) is 0 Å². The first-order valence-electron chi connectivity index (χ1n) is 6.22. The highest BCUT2D eigenvalue weighted by atomic mass is 32.2. The minimum Gasteiger partial charge on any atom is -0.480 e. The summed E-state index contributed by atoms with van der Waals surface area (Å²) in [6.07, 6.45) is 2.29. The first kappa shape index (κ1) is 16.4. The van der Waals surface area contributed by atoms with Crippen LogP contribution in [0.25, 0.3) is 0 Å². The highest BCUT2D eigenvalue weighted by Crippen LogP contribution is 2.09. The van der Waals surface area contributed by atoms with Crippen molar-refractivity contribution >= 4 is 23.8 Å². The van der Waals surface area contributed by atoms with Crippen molar-refractivity contribution in [3.8, 4) is 0 Å². The summed E-state index contributed by atoms with van der Waals surface area (Å²) < 4.78 is 5.38. The van der Waals surface area contributed by atoms with E-state index in [0.717, 1.165) is 5.76 Å². The lowest BCUT2D eigenvalue weighted by Crippen LogP contribution is -2.46. The molecule has 0 aromatic carbocycles. The minimum atomic E-state index is -1.02. The molecular weight excluding hydrogens is 280 g/mol. The van der Waals surface area contributed by atoms with Crippen molar-refractivity contribution in [2.75, 3.05) is 19.1 Å². The number of aliphatic carboxylic acids is 1. The number of hydrogen-bond donors (Lipinski definition) is 2. The summed E-state index contributed by atoms with van der Waals surface area (Å²) in [6, 6.07) is 2.32. The number of thioether (sulfide) groups is 1. The molecule has 1 rings (SSSR count). The second kappa shape index (κ2) is 7.84. The van der Waals surface area contributed by atoms with Gasteiger partial charge in [0.25, 0.3) is 0 Å². The molecule has 2 amide bonds. The van der Waals surface area contributed by atoms with Gasteiger partial charge in [-0.05, 0) is 37.5 Å². The highest BCUT2D eigenvalue weighted by molar-refractivity contribution is 7.98. The number of carboxylic acid groups (broad SMARTS) is 1. The molecular formula is C13H20N2O4S. The Labute approximate surface area is 122 Å². The highest BCUT2D eigenvalue weighted by Gasteiger charge is 2.21. The van der Waals surface area contributed by atoms with Gasteiger partial charge in [0.05, 0.1) is 6.54 Å². The van der Waals surface area contributed by atoms with Crippen LogP contribution >= 0.6 is 11.8 Å². The van der Waals surface area contributed by atoms with Gasteiger partial charge in [0.2, 0.25) is 0 Å². The number of amides is 2. The molecule has 0 aliphatic rings. The smallest absolute Gasteiger partial charge is 0.326 e. The number of rotatable bonds is 7. The first-order valence-corrected chi connectivity index (χ1v) is 7.62. The summed E-state index contributed by atoms with van der Waals surface area (Å²) in [5.74, 6) is 1.10. The molecule has 0 saturated carbocycles. The zero-order chi connectivity index (χ0) is 15.1. The molecule has 1 atom stereocenters. The van der Waals surface area contributed by atoms with Crippen LogP contribution in [-0.2, 0) is 11.3 Å². The number of nitrogens with one attached hydrogen (secondary N) is 1. The average Bonchev–Trinajstić information content (AvgIpc) is 2.79. The third-order valence-corrected chi connectivity index (χ3v) is 3.39. The molecule has 2 N–H and O–H groups in total. The Hall–Kier alpha value is -1.63. The maximum absolute atomic E-state index is 11.9. The summed E-state index contributed by atoms with van der Waals surface area (Å²) in [5.41, 5.74) is 0. The van der Waals surface area contributed by atoms with E-state index in [0.29, 0.717) is 24.5 Å². The van der Waals surface area contributed by atoms with Crippen molar-refractivity contribution in [2.24, 2.45) is 0 Å². The fourth-order valence-electron chi connectivity index (χ4n) is 1.63. The van der Waals surface area contributed by atoms with Crippen molar-refractivity contribution in [3.05, 3.63) is 23.7 Å². The van der Waals surface area contributed by atoms with E-state index in [9.17, 15) is 9.59 Å². The molecule has 7 heteroatoms. The third kappa shape index (κ3) is 5.16. The number of urea groups is 1. The summed E-state index contributed by atoms with van der Waals surface area (Å²) in [5, 5.41) is 11.6. The molecule has 1 aromatic rings. The van der Waals surface area contributed by atoms with Gasteiger partial charge < -0.3 is 19.7 Å². The van der Waals surface area contributed by atoms with Crippen LogP contribution in [0.5, 0.6) is 0 Å². The van der Waals surface area contributed by atoms with Gasteiger partial charge in [-0.1, -0.05) is 0 Å². The Morgan fingerprint density at radius 1 is 1.50 bits per heavy atom. The molecule has 1 aromatic heterocycles. The summed E-state index contributed by atoms with van der Waals surface area (Å²) in [4.78, 5) is 24.4. The molecule has 20 heavy (non-hydrogen) atoms. The van der Waals surface area contributed by atoms with E-state index in [2.05, 4.69) is 5.32 Å². The molecule has 112 valence electrons. The molecule has 6 nitrogen and oxygen atoms in total. The Kier molecular flexibility index (Phi) is 6.44. The molecule has 0 radical (unpaired) electrons. The number of carboxylic acids is 1. The van der Waals surface area contributed by atoms with Gasteiger partial charge in [-0.3, -0.25) is 0 Å². The van der Waals surface area contributed by atoms with Gasteiger partial charge in [0.1, 0.15) is 17.6 Å². The van der Waals surface area contributed by atoms with Crippen molar-refractivity contribution in [2.45, 2.75) is 25.9 Å². The lowest BCUT2D eigenvalue weighted by atomic mass is 10.2. The Morgan fingerprint density at radius 2 is 2.20 bits per heavy atom. The lowest BCUT2D eigenvalue weighted by molar-refractivity contribution is -0.139. The Balaban J connectivity index is 2.52. The fraction of sp³-hybridized carbons (Fsp3) is 0.538. The van der Waals surface area contributed by atoms with Crippen LogP contribution < -0.4 is 5.32 Å². The Bertz CT molecular complexity index is 461. The van der Waals surface area contributed by atoms with Crippen LogP contribution in [-0.4, -0.2) is 47.1 Å². The predicted octanol–water partition coefficient (Wildman–Crippen LogP) is 1.94. The number of aryl methyl sites for hydroxylation is 1. The van der Waals surface area contributed by atoms with E-state index < -0.39 is 18.0 Å². The van der Waals surface area contributed by atoms with Gasteiger partial charge in [-0.2, -0.15) is 11.8 Å². The second-order valence-corrected chi connectivity index (χ2v) is 5.48. The first-order chi connectivity index (χ1) is 9.43. The van der Waals surface area contributed by atoms with Crippen LogP contribution in [0.3, 0.4) is 0 Å². The van der Waals surface area contributed by atoms with Crippen LogP contribution in [0.1, 0.15) is 17.9 Å². The number of hydrogen-bond acceptors (Lipinski definition) is 4. The predicted molar refractivity (Wildman–Crippen MR) is 77.9 cm³/mol. The number of carbonyl (C=O) groups is 2. The largest absolute Gasteiger partial charge is 0.480 e. The molecule has 0 aliphatic carbocycles. The molecule has 0 aliphatic heterocycles. The van der Waals surface area contributed by atoms with E-state index in [1.807, 2.05) is 19.2 Å². The van der Waals surface area contributed by atoms with Crippen LogP contribution in [0.2, 0.25) is 0 Å². The summed E-state index contributed by atoms with van der Waals surface area (Å²) in [7, 11) is 1.60. The molecule has 0 unspecified atom stereocenters. The van der Waals surface area contributed by atoms with Crippen LogP contribution in [0.15, 0.2) is 16.5 Å².